The number of hydrogen-bond donors (Lipinski definition) is 1. The monoisotopic (exact) mass is 357 g/mol. The van der Waals surface area contributed by atoms with Crippen LogP contribution in [-0.4, -0.2) is 34.7 Å². The van der Waals surface area contributed by atoms with Crippen molar-refractivity contribution in [2.75, 3.05) is 13.1 Å². The van der Waals surface area contributed by atoms with Gasteiger partial charge in [0.15, 0.2) is 0 Å². The third-order valence-corrected chi connectivity index (χ3v) is 5.50. The van der Waals surface area contributed by atoms with Gasteiger partial charge < -0.3 is 5.11 Å². The molecule has 0 amide bonds. The molecule has 1 aromatic rings. The average Bonchev–Trinajstić information content (AvgIpc) is 2.99. The molecule has 0 bridgehead atoms. The summed E-state index contributed by atoms with van der Waals surface area (Å²) in [5.74, 6) is -0.244. The molecule has 1 aliphatic heterocycles. The van der Waals surface area contributed by atoms with Gasteiger partial charge in [0.2, 0.25) is 0 Å². The lowest BCUT2D eigenvalue weighted by Gasteiger charge is -2.44. The van der Waals surface area contributed by atoms with Gasteiger partial charge in [-0.1, -0.05) is 35.8 Å². The summed E-state index contributed by atoms with van der Waals surface area (Å²) in [6, 6.07) is 5.07. The lowest BCUT2D eigenvalue weighted by atomic mass is 9.81. The van der Waals surface area contributed by atoms with Crippen molar-refractivity contribution in [2.45, 2.75) is 57.6 Å². The van der Waals surface area contributed by atoms with E-state index in [1.807, 2.05) is 6.07 Å². The second kappa shape index (κ2) is 7.21. The summed E-state index contributed by atoms with van der Waals surface area (Å²) in [6.45, 7) is 6.34. The Kier molecular flexibility index (Phi) is 5.81. The zero-order valence-corrected chi connectivity index (χ0v) is 14.5. The highest BCUT2D eigenvalue weighted by Gasteiger charge is 2.41. The summed E-state index contributed by atoms with van der Waals surface area (Å²) in [5.41, 5.74) is 0.368. The lowest BCUT2D eigenvalue weighted by molar-refractivity contribution is -0.0273. The molecule has 0 spiro atoms. The van der Waals surface area contributed by atoms with Crippen molar-refractivity contribution < 1.29 is 9.50 Å². The van der Waals surface area contributed by atoms with Crippen molar-refractivity contribution in [1.29, 1.82) is 0 Å². The highest BCUT2D eigenvalue weighted by Crippen LogP contribution is 2.33. The standard InChI is InChI=1S/C17H25BrFNO/c1-3-17(4-2,20-9-5-6-10-20)16(21)11-13-7-8-14(18)12-15(13)19/h7-8,12,16,21H,3-6,9-11H2,1-2H3. The second-order valence-electron chi connectivity index (χ2n) is 5.96. The van der Waals surface area contributed by atoms with E-state index in [0.29, 0.717) is 12.0 Å². The van der Waals surface area contributed by atoms with E-state index in [1.54, 1.807) is 6.07 Å². The molecule has 0 aliphatic carbocycles. The Labute approximate surface area is 135 Å². The van der Waals surface area contributed by atoms with Gasteiger partial charge in [0, 0.05) is 16.4 Å². The number of hydrogen-bond acceptors (Lipinski definition) is 2. The van der Waals surface area contributed by atoms with E-state index in [-0.39, 0.29) is 11.4 Å². The highest BCUT2D eigenvalue weighted by molar-refractivity contribution is 9.10. The third kappa shape index (κ3) is 3.49. The Morgan fingerprint density at radius 2 is 1.90 bits per heavy atom. The van der Waals surface area contributed by atoms with Crippen molar-refractivity contribution in [1.82, 2.24) is 4.90 Å². The third-order valence-electron chi connectivity index (χ3n) is 5.01. The number of aliphatic hydroxyl groups is 1. The molecule has 0 aromatic heterocycles. The van der Waals surface area contributed by atoms with Crippen molar-refractivity contribution in [3.05, 3.63) is 34.1 Å². The minimum Gasteiger partial charge on any atom is -0.391 e. The lowest BCUT2D eigenvalue weighted by Crippen LogP contribution is -2.55. The fourth-order valence-corrected chi connectivity index (χ4v) is 3.96. The van der Waals surface area contributed by atoms with Crippen LogP contribution in [0.3, 0.4) is 0 Å². The minimum atomic E-state index is -0.540. The summed E-state index contributed by atoms with van der Waals surface area (Å²) in [6.07, 6.45) is 4.01. The maximum atomic E-state index is 14.0. The summed E-state index contributed by atoms with van der Waals surface area (Å²) < 4.78 is 14.8. The fourth-order valence-electron chi connectivity index (χ4n) is 3.63. The first-order chi connectivity index (χ1) is 10.0. The molecule has 2 nitrogen and oxygen atoms in total. The Balaban J connectivity index is 2.20. The van der Waals surface area contributed by atoms with Crippen LogP contribution in [-0.2, 0) is 6.42 Å². The minimum absolute atomic E-state index is 0.226. The average molecular weight is 358 g/mol. The molecule has 1 heterocycles. The van der Waals surface area contributed by atoms with Crippen LogP contribution in [0, 0.1) is 5.82 Å². The SMILES string of the molecule is CCC(CC)(C(O)Cc1ccc(Br)cc1F)N1CCCC1. The van der Waals surface area contributed by atoms with Crippen LogP contribution >= 0.6 is 15.9 Å². The zero-order chi connectivity index (χ0) is 15.5. The van der Waals surface area contributed by atoms with Crippen LogP contribution in [0.2, 0.25) is 0 Å². The van der Waals surface area contributed by atoms with Crippen LogP contribution in [0.4, 0.5) is 4.39 Å². The number of nitrogens with zero attached hydrogens (tertiary/aromatic N) is 1. The summed E-state index contributed by atoms with van der Waals surface area (Å²) in [5, 5.41) is 10.8. The molecule has 0 radical (unpaired) electrons. The molecule has 0 saturated carbocycles. The van der Waals surface area contributed by atoms with E-state index in [2.05, 4.69) is 34.7 Å². The van der Waals surface area contributed by atoms with Gasteiger partial charge in [-0.3, -0.25) is 4.90 Å². The molecule has 2 rings (SSSR count). The van der Waals surface area contributed by atoms with Crippen LogP contribution in [0.5, 0.6) is 0 Å². The second-order valence-corrected chi connectivity index (χ2v) is 6.88. The molecule has 1 fully saturated rings. The Morgan fingerprint density at radius 1 is 1.29 bits per heavy atom. The Bertz CT molecular complexity index is 470. The first-order valence-electron chi connectivity index (χ1n) is 7.90. The zero-order valence-electron chi connectivity index (χ0n) is 12.9. The molecular formula is C17H25BrFNO. The summed E-state index contributed by atoms with van der Waals surface area (Å²) in [4.78, 5) is 2.41. The number of likely N-dealkylation sites (tertiary alicyclic amines) is 1. The van der Waals surface area contributed by atoms with Crippen molar-refractivity contribution in [3.8, 4) is 0 Å². The summed E-state index contributed by atoms with van der Waals surface area (Å²) in [7, 11) is 0. The molecule has 1 aliphatic rings. The first-order valence-corrected chi connectivity index (χ1v) is 8.70. The fraction of sp³-hybridized carbons (Fsp3) is 0.647. The molecule has 1 unspecified atom stereocenters. The molecule has 1 saturated heterocycles. The molecule has 1 aromatic carbocycles. The van der Waals surface area contributed by atoms with Crippen LogP contribution < -0.4 is 0 Å². The first kappa shape index (κ1) is 16.9. The smallest absolute Gasteiger partial charge is 0.127 e. The Morgan fingerprint density at radius 3 is 2.43 bits per heavy atom. The molecule has 21 heavy (non-hydrogen) atoms. The predicted molar refractivity (Wildman–Crippen MR) is 87.9 cm³/mol. The number of rotatable bonds is 6. The van der Waals surface area contributed by atoms with Crippen molar-refractivity contribution in [2.24, 2.45) is 0 Å². The summed E-state index contributed by atoms with van der Waals surface area (Å²) >= 11 is 3.27. The van der Waals surface area contributed by atoms with Gasteiger partial charge in [-0.15, -0.1) is 0 Å². The van der Waals surface area contributed by atoms with E-state index in [1.165, 1.54) is 18.9 Å². The van der Waals surface area contributed by atoms with Gasteiger partial charge in [0.05, 0.1) is 6.10 Å². The Hall–Kier alpha value is -0.450. The van der Waals surface area contributed by atoms with E-state index in [0.717, 1.165) is 30.4 Å². The molecule has 118 valence electrons. The number of halogens is 2. The largest absolute Gasteiger partial charge is 0.391 e. The van der Waals surface area contributed by atoms with Crippen LogP contribution in [0.1, 0.15) is 45.1 Å². The number of benzene rings is 1. The maximum Gasteiger partial charge on any atom is 0.127 e. The van der Waals surface area contributed by atoms with Crippen LogP contribution in [0.25, 0.3) is 0 Å². The van der Waals surface area contributed by atoms with E-state index in [9.17, 15) is 9.50 Å². The van der Waals surface area contributed by atoms with E-state index < -0.39 is 6.10 Å². The molecule has 1 N–H and O–H groups in total. The molecule has 4 heteroatoms. The van der Waals surface area contributed by atoms with Crippen molar-refractivity contribution >= 4 is 15.9 Å². The maximum absolute atomic E-state index is 14.0. The molecular weight excluding hydrogens is 333 g/mol. The van der Waals surface area contributed by atoms with Gasteiger partial charge in [-0.25, -0.2) is 4.39 Å². The highest BCUT2D eigenvalue weighted by atomic mass is 79.9. The normalized spacial score (nSPS) is 18.1. The van der Waals surface area contributed by atoms with Gasteiger partial charge in [-0.2, -0.15) is 0 Å². The van der Waals surface area contributed by atoms with E-state index >= 15 is 0 Å². The predicted octanol–water partition coefficient (Wildman–Crippen LogP) is 4.15. The van der Waals surface area contributed by atoms with Crippen molar-refractivity contribution in [3.63, 3.8) is 0 Å². The van der Waals surface area contributed by atoms with Gasteiger partial charge >= 0.3 is 0 Å². The van der Waals surface area contributed by atoms with Crippen LogP contribution in [0.15, 0.2) is 22.7 Å². The number of aliphatic hydroxyl groups excluding tert-OH is 1. The van der Waals surface area contributed by atoms with E-state index in [4.69, 9.17) is 0 Å². The van der Waals surface area contributed by atoms with Gasteiger partial charge in [0.25, 0.3) is 0 Å². The quantitative estimate of drug-likeness (QED) is 0.826. The van der Waals surface area contributed by atoms with Gasteiger partial charge in [-0.05, 0) is 56.5 Å². The molecule has 1 atom stereocenters. The topological polar surface area (TPSA) is 23.5 Å². The van der Waals surface area contributed by atoms with Gasteiger partial charge in [0.1, 0.15) is 5.82 Å².